The van der Waals surface area contributed by atoms with E-state index in [1.807, 2.05) is 6.07 Å². The number of carbonyl (C=O) groups excluding carboxylic acids is 1. The van der Waals surface area contributed by atoms with Gasteiger partial charge in [-0.2, -0.15) is 0 Å². The zero-order valence-corrected chi connectivity index (χ0v) is 7.92. The zero-order chi connectivity index (χ0) is 10.7. The minimum Gasteiger partial charge on any atom is -0.366 e. The summed E-state index contributed by atoms with van der Waals surface area (Å²) in [6, 6.07) is 8.67. The Morgan fingerprint density at radius 2 is 1.87 bits per heavy atom. The zero-order valence-electron chi connectivity index (χ0n) is 7.92. The van der Waals surface area contributed by atoms with Crippen LogP contribution in [0.5, 0.6) is 0 Å². The monoisotopic (exact) mass is 199 g/mol. The van der Waals surface area contributed by atoms with Crippen LogP contribution in [0.2, 0.25) is 0 Å². The summed E-state index contributed by atoms with van der Waals surface area (Å²) in [6.45, 7) is 0. The van der Waals surface area contributed by atoms with Gasteiger partial charge in [-0.1, -0.05) is 12.1 Å². The fourth-order valence-electron chi connectivity index (χ4n) is 1.26. The number of amides is 1. The van der Waals surface area contributed by atoms with E-state index in [2.05, 4.69) is 9.97 Å². The van der Waals surface area contributed by atoms with E-state index in [1.54, 1.807) is 36.7 Å². The maximum Gasteiger partial charge on any atom is 0.248 e. The molecule has 74 valence electrons. The highest BCUT2D eigenvalue weighted by Gasteiger charge is 2.04. The molecular formula is C11H9N3O. The van der Waals surface area contributed by atoms with Crippen LogP contribution in [0.1, 0.15) is 10.4 Å². The van der Waals surface area contributed by atoms with Gasteiger partial charge in [0, 0.05) is 23.5 Å². The van der Waals surface area contributed by atoms with Crippen molar-refractivity contribution in [1.29, 1.82) is 0 Å². The molecule has 0 bridgehead atoms. The van der Waals surface area contributed by atoms with Gasteiger partial charge >= 0.3 is 0 Å². The molecule has 1 aromatic carbocycles. The Hall–Kier alpha value is -2.23. The van der Waals surface area contributed by atoms with Crippen molar-refractivity contribution < 1.29 is 4.79 Å². The smallest absolute Gasteiger partial charge is 0.248 e. The molecule has 1 heterocycles. The second-order valence-corrected chi connectivity index (χ2v) is 3.02. The van der Waals surface area contributed by atoms with Crippen LogP contribution in [0.4, 0.5) is 0 Å². The highest BCUT2D eigenvalue weighted by atomic mass is 16.1. The van der Waals surface area contributed by atoms with Crippen molar-refractivity contribution in [3.63, 3.8) is 0 Å². The van der Waals surface area contributed by atoms with Gasteiger partial charge in [0.2, 0.25) is 5.91 Å². The Kier molecular flexibility index (Phi) is 2.41. The van der Waals surface area contributed by atoms with Gasteiger partial charge in [-0.15, -0.1) is 0 Å². The number of benzene rings is 1. The lowest BCUT2D eigenvalue weighted by Crippen LogP contribution is -2.10. The van der Waals surface area contributed by atoms with Crippen molar-refractivity contribution in [2.24, 2.45) is 5.73 Å². The lowest BCUT2D eigenvalue weighted by Gasteiger charge is -2.00. The van der Waals surface area contributed by atoms with Crippen molar-refractivity contribution >= 4 is 5.91 Å². The molecule has 4 heteroatoms. The summed E-state index contributed by atoms with van der Waals surface area (Å²) >= 11 is 0. The van der Waals surface area contributed by atoms with Gasteiger partial charge < -0.3 is 5.73 Å². The molecule has 0 aliphatic carbocycles. The Labute approximate surface area is 86.8 Å². The molecule has 0 atom stereocenters. The van der Waals surface area contributed by atoms with E-state index in [9.17, 15) is 4.79 Å². The third-order valence-corrected chi connectivity index (χ3v) is 1.97. The molecule has 0 unspecified atom stereocenters. The highest BCUT2D eigenvalue weighted by molar-refractivity contribution is 5.93. The Balaban J connectivity index is 2.46. The Morgan fingerprint density at radius 3 is 2.53 bits per heavy atom. The van der Waals surface area contributed by atoms with E-state index in [0.717, 1.165) is 5.56 Å². The number of nitrogens with two attached hydrogens (primary N) is 1. The maximum absolute atomic E-state index is 11.0. The minimum absolute atomic E-state index is 0.451. The average molecular weight is 199 g/mol. The van der Waals surface area contributed by atoms with Gasteiger partial charge in [0.15, 0.2) is 5.82 Å². The number of carbonyl (C=O) groups is 1. The predicted molar refractivity (Wildman–Crippen MR) is 56.0 cm³/mol. The van der Waals surface area contributed by atoms with E-state index in [4.69, 9.17) is 5.73 Å². The molecule has 1 amide bonds. The number of primary amides is 1. The Bertz CT molecular complexity index is 482. The summed E-state index contributed by atoms with van der Waals surface area (Å²) in [7, 11) is 0. The summed E-state index contributed by atoms with van der Waals surface area (Å²) in [5, 5.41) is 0. The molecule has 0 radical (unpaired) electrons. The third kappa shape index (κ3) is 1.99. The third-order valence-electron chi connectivity index (χ3n) is 1.97. The van der Waals surface area contributed by atoms with Crippen LogP contribution in [0.3, 0.4) is 0 Å². The number of nitrogens with zero attached hydrogens (tertiary/aromatic N) is 2. The van der Waals surface area contributed by atoms with E-state index < -0.39 is 5.91 Å². The van der Waals surface area contributed by atoms with Crippen LogP contribution in [-0.4, -0.2) is 15.9 Å². The second kappa shape index (κ2) is 3.88. The topological polar surface area (TPSA) is 68.9 Å². The summed E-state index contributed by atoms with van der Waals surface area (Å²) in [5.41, 5.74) is 6.42. The van der Waals surface area contributed by atoms with Crippen molar-refractivity contribution in [2.75, 3.05) is 0 Å². The first-order valence-electron chi connectivity index (χ1n) is 4.44. The minimum atomic E-state index is -0.451. The van der Waals surface area contributed by atoms with Crippen LogP contribution < -0.4 is 5.73 Å². The van der Waals surface area contributed by atoms with Gasteiger partial charge in [-0.25, -0.2) is 9.97 Å². The van der Waals surface area contributed by atoms with Gasteiger partial charge in [0.05, 0.1) is 0 Å². The summed E-state index contributed by atoms with van der Waals surface area (Å²) in [4.78, 5) is 19.1. The molecular weight excluding hydrogens is 190 g/mol. The Morgan fingerprint density at radius 1 is 1.13 bits per heavy atom. The fourth-order valence-corrected chi connectivity index (χ4v) is 1.26. The van der Waals surface area contributed by atoms with E-state index >= 15 is 0 Å². The molecule has 1 aromatic heterocycles. The van der Waals surface area contributed by atoms with Gasteiger partial charge in [0.1, 0.15) is 0 Å². The summed E-state index contributed by atoms with van der Waals surface area (Å²) in [5.74, 6) is 0.133. The van der Waals surface area contributed by atoms with Crippen molar-refractivity contribution in [1.82, 2.24) is 9.97 Å². The first kappa shape index (κ1) is 9.33. The molecule has 0 aliphatic rings. The first-order chi connectivity index (χ1) is 7.27. The second-order valence-electron chi connectivity index (χ2n) is 3.02. The molecule has 15 heavy (non-hydrogen) atoms. The molecule has 2 aromatic rings. The van der Waals surface area contributed by atoms with Crippen molar-refractivity contribution in [3.05, 3.63) is 48.3 Å². The molecule has 0 spiro atoms. The molecule has 4 nitrogen and oxygen atoms in total. The van der Waals surface area contributed by atoms with Crippen LogP contribution >= 0.6 is 0 Å². The van der Waals surface area contributed by atoms with Gasteiger partial charge in [0.25, 0.3) is 0 Å². The maximum atomic E-state index is 11.0. The molecule has 0 saturated carbocycles. The van der Waals surface area contributed by atoms with E-state index in [-0.39, 0.29) is 0 Å². The van der Waals surface area contributed by atoms with E-state index in [1.165, 1.54) is 0 Å². The van der Waals surface area contributed by atoms with Gasteiger partial charge in [-0.3, -0.25) is 4.79 Å². The predicted octanol–water partition coefficient (Wildman–Crippen LogP) is 1.24. The highest BCUT2D eigenvalue weighted by Crippen LogP contribution is 2.14. The standard InChI is InChI=1S/C11H9N3O/c12-10(15)8-3-1-4-9(7-8)11-13-5-2-6-14-11/h1-7H,(H2,12,15). The molecule has 0 aliphatic heterocycles. The normalized spacial score (nSPS) is 9.87. The number of aromatic nitrogens is 2. The van der Waals surface area contributed by atoms with Crippen LogP contribution in [0, 0.1) is 0 Å². The first-order valence-corrected chi connectivity index (χ1v) is 4.44. The van der Waals surface area contributed by atoms with E-state index in [0.29, 0.717) is 11.4 Å². The van der Waals surface area contributed by atoms with Crippen LogP contribution in [0.25, 0.3) is 11.4 Å². The van der Waals surface area contributed by atoms with Crippen LogP contribution in [0.15, 0.2) is 42.7 Å². The average Bonchev–Trinajstić information content (AvgIpc) is 2.30. The molecule has 2 N–H and O–H groups in total. The largest absolute Gasteiger partial charge is 0.366 e. The lowest BCUT2D eigenvalue weighted by molar-refractivity contribution is 0.100. The number of rotatable bonds is 2. The quantitative estimate of drug-likeness (QED) is 0.791. The number of hydrogen-bond acceptors (Lipinski definition) is 3. The molecule has 0 saturated heterocycles. The lowest BCUT2D eigenvalue weighted by atomic mass is 10.1. The number of hydrogen-bond donors (Lipinski definition) is 1. The van der Waals surface area contributed by atoms with Gasteiger partial charge in [-0.05, 0) is 18.2 Å². The fraction of sp³-hybridized carbons (Fsp3) is 0. The SMILES string of the molecule is NC(=O)c1cccc(-c2ncccn2)c1. The summed E-state index contributed by atoms with van der Waals surface area (Å²) < 4.78 is 0. The molecule has 0 fully saturated rings. The summed E-state index contributed by atoms with van der Waals surface area (Å²) in [6.07, 6.45) is 3.30. The van der Waals surface area contributed by atoms with Crippen molar-refractivity contribution in [3.8, 4) is 11.4 Å². The van der Waals surface area contributed by atoms with Crippen LogP contribution in [-0.2, 0) is 0 Å². The van der Waals surface area contributed by atoms with Crippen molar-refractivity contribution in [2.45, 2.75) is 0 Å². The molecule has 2 rings (SSSR count).